The van der Waals surface area contributed by atoms with E-state index in [0.29, 0.717) is 17.9 Å². The summed E-state index contributed by atoms with van der Waals surface area (Å²) in [6.07, 6.45) is -5.66. The molecule has 306 valence electrons. The molecule has 0 saturated carbocycles. The van der Waals surface area contributed by atoms with E-state index in [0.717, 1.165) is 65.2 Å². The van der Waals surface area contributed by atoms with Gasteiger partial charge in [0.15, 0.2) is 6.29 Å². The van der Waals surface area contributed by atoms with E-state index in [1.165, 1.54) is 12.1 Å². The summed E-state index contributed by atoms with van der Waals surface area (Å²) in [5, 5.41) is 23.5. The molecule has 0 bridgehead atoms. The molecule has 7 rings (SSSR count). The Kier molecular flexibility index (Phi) is 12.4. The maximum absolute atomic E-state index is 13.1. The van der Waals surface area contributed by atoms with E-state index < -0.39 is 35.2 Å². The molecule has 0 aliphatic carbocycles. The Labute approximate surface area is 334 Å². The van der Waals surface area contributed by atoms with Gasteiger partial charge in [-0.1, -0.05) is 73.7 Å². The van der Waals surface area contributed by atoms with E-state index in [4.69, 9.17) is 9.47 Å². The lowest BCUT2D eigenvalue weighted by molar-refractivity contribution is -0.384. The lowest BCUT2D eigenvalue weighted by Gasteiger charge is -2.44. The van der Waals surface area contributed by atoms with Crippen molar-refractivity contribution in [1.29, 1.82) is 0 Å². The summed E-state index contributed by atoms with van der Waals surface area (Å²) in [6.45, 7) is 5.84. The van der Waals surface area contributed by atoms with Gasteiger partial charge in [0.05, 0.1) is 23.7 Å². The van der Waals surface area contributed by atoms with E-state index in [2.05, 4.69) is 22.0 Å². The van der Waals surface area contributed by atoms with Crippen molar-refractivity contribution in [2.45, 2.75) is 63.6 Å². The van der Waals surface area contributed by atoms with Crippen LogP contribution in [-0.2, 0) is 32.2 Å². The highest BCUT2D eigenvalue weighted by molar-refractivity contribution is 5.90. The smallest absolute Gasteiger partial charge is 0.392 e. The number of piperazine rings is 1. The Morgan fingerprint density at radius 2 is 1.55 bits per heavy atom. The third kappa shape index (κ3) is 9.34. The number of amides is 2. The summed E-state index contributed by atoms with van der Waals surface area (Å²) in [4.78, 5) is 40.6. The maximum atomic E-state index is 13.1. The first-order chi connectivity index (χ1) is 27.9. The van der Waals surface area contributed by atoms with Gasteiger partial charge in [-0.3, -0.25) is 24.6 Å². The van der Waals surface area contributed by atoms with Crippen LogP contribution in [-0.4, -0.2) is 89.2 Å². The van der Waals surface area contributed by atoms with Crippen LogP contribution >= 0.6 is 0 Å². The number of non-ortho nitro benzene ring substituents is 1. The van der Waals surface area contributed by atoms with Gasteiger partial charge in [-0.15, -0.1) is 0 Å². The molecule has 0 aromatic heterocycles. The van der Waals surface area contributed by atoms with Crippen LogP contribution < -0.4 is 10.2 Å². The second kappa shape index (κ2) is 17.6. The number of likely N-dealkylation sites (tertiary alicyclic amines) is 1. The molecule has 3 saturated heterocycles. The quantitative estimate of drug-likeness (QED) is 0.128. The predicted octanol–water partition coefficient (Wildman–Crippen LogP) is 6.54. The van der Waals surface area contributed by atoms with Crippen LogP contribution in [0.4, 0.5) is 24.5 Å². The summed E-state index contributed by atoms with van der Waals surface area (Å²) in [5.41, 5.74) is 6.17. The average molecular weight is 802 g/mol. The summed E-state index contributed by atoms with van der Waals surface area (Å²) in [6, 6.07) is 28.6. The Bertz CT molecular complexity index is 2060. The molecule has 0 unspecified atom stereocenters. The van der Waals surface area contributed by atoms with Gasteiger partial charge in [-0.05, 0) is 58.9 Å². The fourth-order valence-electron chi connectivity index (χ4n) is 8.00. The van der Waals surface area contributed by atoms with Gasteiger partial charge in [0.1, 0.15) is 6.04 Å². The van der Waals surface area contributed by atoms with Crippen molar-refractivity contribution >= 4 is 23.2 Å². The van der Waals surface area contributed by atoms with E-state index in [1.807, 2.05) is 72.8 Å². The van der Waals surface area contributed by atoms with Crippen molar-refractivity contribution in [3.8, 4) is 11.1 Å². The SMILES string of the molecule is C[C@@H]1[C@H](CN2CCN(c3ccc([N+](=O)[O-])cc3)CC2)O[C@H](c2ccc(-c3cccc(CNC(=O)[C@@H]4CCCN4C(=O)C(F)(F)F)c3)cc2)O[C@@H]1c1ccc(CO)cc1. The molecule has 4 aromatic rings. The van der Waals surface area contributed by atoms with E-state index >= 15 is 0 Å². The molecule has 4 aromatic carbocycles. The molecule has 3 aliphatic heterocycles. The lowest BCUT2D eigenvalue weighted by atomic mass is 9.89. The summed E-state index contributed by atoms with van der Waals surface area (Å²) in [7, 11) is 0. The first kappa shape index (κ1) is 40.8. The number of nitrogens with zero attached hydrogens (tertiary/aromatic N) is 4. The number of nitro groups is 1. The third-order valence-electron chi connectivity index (χ3n) is 11.3. The van der Waals surface area contributed by atoms with Crippen LogP contribution in [0.25, 0.3) is 11.1 Å². The number of ether oxygens (including phenoxy) is 2. The van der Waals surface area contributed by atoms with Crippen LogP contribution in [0.15, 0.2) is 97.1 Å². The van der Waals surface area contributed by atoms with E-state index in [9.17, 15) is 38.0 Å². The highest BCUT2D eigenvalue weighted by atomic mass is 19.4. The molecule has 3 heterocycles. The van der Waals surface area contributed by atoms with Crippen LogP contribution in [0, 0.1) is 16.0 Å². The number of hydrogen-bond donors (Lipinski definition) is 2. The number of rotatable bonds is 11. The molecule has 0 spiro atoms. The number of alkyl halides is 3. The molecule has 15 heteroatoms. The molecular formula is C43H46F3N5O7. The molecule has 12 nitrogen and oxygen atoms in total. The summed E-state index contributed by atoms with van der Waals surface area (Å²) in [5.74, 6) is -2.61. The average Bonchev–Trinajstić information content (AvgIpc) is 3.74. The first-order valence-corrected chi connectivity index (χ1v) is 19.4. The Balaban J connectivity index is 1.02. The second-order valence-corrected chi connectivity index (χ2v) is 15.1. The third-order valence-corrected chi connectivity index (χ3v) is 11.3. The minimum atomic E-state index is -5.03. The lowest BCUT2D eigenvalue weighted by Crippen LogP contribution is -2.51. The highest BCUT2D eigenvalue weighted by Crippen LogP contribution is 2.42. The number of hydrogen-bond acceptors (Lipinski definition) is 9. The number of carbonyl (C=O) groups is 2. The van der Waals surface area contributed by atoms with Crippen molar-refractivity contribution in [1.82, 2.24) is 15.1 Å². The zero-order chi connectivity index (χ0) is 41.0. The normalized spacial score (nSPS) is 22.8. The monoisotopic (exact) mass is 801 g/mol. The van der Waals surface area contributed by atoms with Crippen LogP contribution in [0.1, 0.15) is 54.4 Å². The molecule has 3 aliphatic rings. The number of aliphatic hydroxyl groups excluding tert-OH is 1. The van der Waals surface area contributed by atoms with Crippen molar-refractivity contribution in [2.24, 2.45) is 5.92 Å². The van der Waals surface area contributed by atoms with Crippen LogP contribution in [0.2, 0.25) is 0 Å². The molecular weight excluding hydrogens is 755 g/mol. The number of halogens is 3. The first-order valence-electron chi connectivity index (χ1n) is 19.4. The molecule has 5 atom stereocenters. The van der Waals surface area contributed by atoms with Gasteiger partial charge in [0, 0.05) is 75.1 Å². The highest BCUT2D eigenvalue weighted by Gasteiger charge is 2.47. The molecule has 0 radical (unpaired) electrons. The standard InChI is InChI=1S/C43H46F3N5O7/c1-28-38(26-48-20-22-49(23-21-48)35-15-17-36(18-16-35)51(55)56)57-41(58-39(28)32-9-7-29(27-52)8-10-32)33-13-11-31(12-14-33)34-5-2-4-30(24-34)25-47-40(53)37-6-3-19-50(37)42(54)43(44,45)46/h2,4-5,7-18,24,28,37-39,41,52H,3,6,19-23,25-27H2,1H3,(H,47,53)/t28-,37+,38+,39+,41+/m1/s1. The van der Waals surface area contributed by atoms with E-state index in [-0.39, 0.29) is 49.9 Å². The van der Waals surface area contributed by atoms with Gasteiger partial charge in [-0.2, -0.15) is 13.2 Å². The van der Waals surface area contributed by atoms with Crippen molar-refractivity contribution < 1.29 is 42.3 Å². The largest absolute Gasteiger partial charge is 0.471 e. The van der Waals surface area contributed by atoms with Crippen molar-refractivity contribution in [2.75, 3.05) is 44.2 Å². The molecule has 2 amide bonds. The second-order valence-electron chi connectivity index (χ2n) is 15.1. The maximum Gasteiger partial charge on any atom is 0.471 e. The Morgan fingerprint density at radius 3 is 2.21 bits per heavy atom. The fourth-order valence-corrected chi connectivity index (χ4v) is 8.00. The number of anilines is 1. The zero-order valence-electron chi connectivity index (χ0n) is 32.0. The Morgan fingerprint density at radius 1 is 0.862 bits per heavy atom. The van der Waals surface area contributed by atoms with Gasteiger partial charge >= 0.3 is 12.1 Å². The van der Waals surface area contributed by atoms with Gasteiger partial charge in [0.25, 0.3) is 5.69 Å². The summed E-state index contributed by atoms with van der Waals surface area (Å²) >= 11 is 0. The Hall–Kier alpha value is -5.35. The molecule has 2 N–H and O–H groups in total. The minimum absolute atomic E-state index is 0.00620. The zero-order valence-corrected chi connectivity index (χ0v) is 32.0. The van der Waals surface area contributed by atoms with Gasteiger partial charge < -0.3 is 29.7 Å². The summed E-state index contributed by atoms with van der Waals surface area (Å²) < 4.78 is 52.6. The number of aliphatic hydroxyl groups is 1. The van der Waals surface area contributed by atoms with Crippen molar-refractivity contribution in [3.63, 3.8) is 0 Å². The molecule has 58 heavy (non-hydrogen) atoms. The van der Waals surface area contributed by atoms with Crippen molar-refractivity contribution in [3.05, 3.63) is 129 Å². The number of benzene rings is 4. The fraction of sp³-hybridized carbons (Fsp3) is 0.395. The number of nitro benzene ring substituents is 1. The van der Waals surface area contributed by atoms with E-state index in [1.54, 1.807) is 12.1 Å². The van der Waals surface area contributed by atoms with Crippen LogP contribution in [0.3, 0.4) is 0 Å². The predicted molar refractivity (Wildman–Crippen MR) is 209 cm³/mol. The van der Waals surface area contributed by atoms with Crippen LogP contribution in [0.5, 0.6) is 0 Å². The van der Waals surface area contributed by atoms with Gasteiger partial charge in [0.2, 0.25) is 5.91 Å². The van der Waals surface area contributed by atoms with Gasteiger partial charge in [-0.25, -0.2) is 0 Å². The molecule has 3 fully saturated rings. The number of carbonyl (C=O) groups excluding carboxylic acids is 2. The number of nitrogens with one attached hydrogen (secondary N) is 1. The topological polar surface area (TPSA) is 138 Å². The minimum Gasteiger partial charge on any atom is -0.392 e.